The van der Waals surface area contributed by atoms with Gasteiger partial charge in [0.15, 0.2) is 5.82 Å². The lowest BCUT2D eigenvalue weighted by Gasteiger charge is -2.09. The van der Waals surface area contributed by atoms with Gasteiger partial charge in [-0.2, -0.15) is 5.10 Å². The zero-order chi connectivity index (χ0) is 16.5. The third kappa shape index (κ3) is 2.69. The number of anilines is 2. The van der Waals surface area contributed by atoms with Crippen molar-refractivity contribution in [3.63, 3.8) is 0 Å². The van der Waals surface area contributed by atoms with Gasteiger partial charge in [0, 0.05) is 22.8 Å². The number of rotatable bonds is 3. The highest BCUT2D eigenvalue weighted by Gasteiger charge is 2.08. The lowest BCUT2D eigenvalue weighted by atomic mass is 10.1. The van der Waals surface area contributed by atoms with Crippen molar-refractivity contribution in [2.24, 2.45) is 0 Å². The van der Waals surface area contributed by atoms with Gasteiger partial charge < -0.3 is 5.32 Å². The zero-order valence-electron chi connectivity index (χ0n) is 12.9. The molecule has 6 heteroatoms. The third-order valence-electron chi connectivity index (χ3n) is 3.81. The minimum absolute atomic E-state index is 0.303. The first-order valence-electron chi connectivity index (χ1n) is 7.49. The van der Waals surface area contributed by atoms with E-state index in [1.165, 1.54) is 12.1 Å². The fraction of sp³-hybridized carbons (Fsp3) is 0.0556. The van der Waals surface area contributed by atoms with E-state index in [1.54, 1.807) is 24.5 Å². The number of fused-ring (bicyclic) bond motifs is 1. The van der Waals surface area contributed by atoms with Crippen LogP contribution in [0, 0.1) is 12.7 Å². The zero-order valence-corrected chi connectivity index (χ0v) is 12.9. The van der Waals surface area contributed by atoms with Crippen molar-refractivity contribution >= 4 is 22.4 Å². The van der Waals surface area contributed by atoms with Gasteiger partial charge in [-0.15, -0.1) is 0 Å². The third-order valence-corrected chi connectivity index (χ3v) is 3.81. The predicted molar refractivity (Wildman–Crippen MR) is 91.5 cm³/mol. The molecule has 4 rings (SSSR count). The Morgan fingerprint density at radius 1 is 1.08 bits per heavy atom. The molecular formula is C18H14FN5. The number of nitrogens with one attached hydrogen (secondary N) is 2. The van der Waals surface area contributed by atoms with Crippen molar-refractivity contribution in [3.05, 3.63) is 66.2 Å². The smallest absolute Gasteiger partial charge is 0.161 e. The Labute approximate surface area is 137 Å². The summed E-state index contributed by atoms with van der Waals surface area (Å²) in [5.74, 6) is 0.830. The lowest BCUT2D eigenvalue weighted by Crippen LogP contribution is -1.98. The summed E-state index contributed by atoms with van der Waals surface area (Å²) < 4.78 is 13.5. The minimum atomic E-state index is -0.303. The molecule has 0 fully saturated rings. The summed E-state index contributed by atoms with van der Waals surface area (Å²) in [5.41, 5.74) is 3.47. The molecule has 0 amide bonds. The van der Waals surface area contributed by atoms with Crippen LogP contribution in [0.4, 0.5) is 15.9 Å². The minimum Gasteiger partial charge on any atom is -0.340 e. The van der Waals surface area contributed by atoms with E-state index >= 15 is 0 Å². The average Bonchev–Trinajstić information content (AvgIpc) is 3.05. The van der Waals surface area contributed by atoms with E-state index in [-0.39, 0.29) is 5.82 Å². The number of benzene rings is 2. The van der Waals surface area contributed by atoms with Crippen LogP contribution in [-0.4, -0.2) is 20.2 Å². The van der Waals surface area contributed by atoms with E-state index in [0.29, 0.717) is 17.2 Å². The van der Waals surface area contributed by atoms with E-state index < -0.39 is 0 Å². The largest absolute Gasteiger partial charge is 0.340 e. The van der Waals surface area contributed by atoms with Crippen molar-refractivity contribution in [2.45, 2.75) is 6.92 Å². The molecule has 0 radical (unpaired) electrons. The number of hydrogen-bond acceptors (Lipinski definition) is 4. The van der Waals surface area contributed by atoms with Crippen LogP contribution in [0.25, 0.3) is 22.3 Å². The molecule has 0 saturated heterocycles. The van der Waals surface area contributed by atoms with Gasteiger partial charge in [0.2, 0.25) is 0 Å². The lowest BCUT2D eigenvalue weighted by molar-refractivity contribution is 0.627. The molecule has 0 aliphatic heterocycles. The van der Waals surface area contributed by atoms with Crippen LogP contribution < -0.4 is 5.32 Å². The van der Waals surface area contributed by atoms with Crippen molar-refractivity contribution in [2.75, 3.05) is 5.32 Å². The molecule has 5 nitrogen and oxygen atoms in total. The Hall–Kier alpha value is -3.28. The van der Waals surface area contributed by atoms with Gasteiger partial charge in [0.25, 0.3) is 0 Å². The van der Waals surface area contributed by atoms with Crippen molar-refractivity contribution < 1.29 is 4.39 Å². The summed E-state index contributed by atoms with van der Waals surface area (Å²) in [6.07, 6.45) is 3.42. The molecule has 2 heterocycles. The number of nitrogens with zero attached hydrogens (tertiary/aromatic N) is 3. The van der Waals surface area contributed by atoms with E-state index in [2.05, 4.69) is 25.5 Å². The van der Waals surface area contributed by atoms with Crippen LogP contribution in [0.3, 0.4) is 0 Å². The number of H-pyrrole nitrogens is 1. The maximum Gasteiger partial charge on any atom is 0.161 e. The monoisotopic (exact) mass is 319 g/mol. The molecule has 0 aliphatic rings. The summed E-state index contributed by atoms with van der Waals surface area (Å²) in [5, 5.41) is 11.2. The van der Waals surface area contributed by atoms with Crippen molar-refractivity contribution in [3.8, 4) is 11.4 Å². The highest BCUT2D eigenvalue weighted by molar-refractivity contribution is 5.82. The van der Waals surface area contributed by atoms with Crippen LogP contribution in [0.1, 0.15) is 5.56 Å². The van der Waals surface area contributed by atoms with Gasteiger partial charge in [0.1, 0.15) is 11.6 Å². The highest BCUT2D eigenvalue weighted by atomic mass is 19.1. The van der Waals surface area contributed by atoms with Crippen LogP contribution in [0.2, 0.25) is 0 Å². The summed E-state index contributed by atoms with van der Waals surface area (Å²) in [4.78, 5) is 8.76. The Kier molecular flexibility index (Phi) is 3.42. The summed E-state index contributed by atoms with van der Waals surface area (Å²) >= 11 is 0. The Morgan fingerprint density at radius 2 is 2.00 bits per heavy atom. The van der Waals surface area contributed by atoms with Crippen LogP contribution in [0.15, 0.2) is 54.9 Å². The Balaban J connectivity index is 1.68. The van der Waals surface area contributed by atoms with Gasteiger partial charge in [-0.3, -0.25) is 5.10 Å². The second kappa shape index (κ2) is 5.73. The topological polar surface area (TPSA) is 66.5 Å². The van der Waals surface area contributed by atoms with Gasteiger partial charge in [-0.05, 0) is 48.9 Å². The maximum atomic E-state index is 13.5. The summed E-state index contributed by atoms with van der Waals surface area (Å²) in [6.45, 7) is 1.91. The first-order valence-corrected chi connectivity index (χ1v) is 7.49. The Bertz CT molecular complexity index is 1020. The number of hydrogen-bond donors (Lipinski definition) is 2. The molecule has 2 aromatic carbocycles. The molecular weight excluding hydrogens is 305 g/mol. The second-order valence-corrected chi connectivity index (χ2v) is 5.52. The van der Waals surface area contributed by atoms with E-state index in [0.717, 1.165) is 22.2 Å². The number of aromatic amines is 1. The normalized spacial score (nSPS) is 10.9. The predicted octanol–water partition coefficient (Wildman–Crippen LogP) is 4.21. The maximum absolute atomic E-state index is 13.5. The highest BCUT2D eigenvalue weighted by Crippen LogP contribution is 2.24. The van der Waals surface area contributed by atoms with Gasteiger partial charge in [-0.25, -0.2) is 14.4 Å². The molecule has 118 valence electrons. The van der Waals surface area contributed by atoms with Gasteiger partial charge in [-0.1, -0.05) is 6.07 Å². The molecule has 0 aliphatic carbocycles. The van der Waals surface area contributed by atoms with Crippen LogP contribution >= 0.6 is 0 Å². The van der Waals surface area contributed by atoms with Crippen LogP contribution in [-0.2, 0) is 0 Å². The van der Waals surface area contributed by atoms with Gasteiger partial charge >= 0.3 is 0 Å². The quantitative estimate of drug-likeness (QED) is 0.593. The number of aromatic nitrogens is 4. The molecule has 0 unspecified atom stereocenters. The second-order valence-electron chi connectivity index (χ2n) is 5.52. The molecule has 0 bridgehead atoms. The number of aryl methyl sites for hydroxylation is 1. The standard InChI is InChI=1S/C18H14FN5/c1-11-2-3-13(19)9-15(11)18-20-7-6-17(23-18)22-14-4-5-16-12(8-14)10-21-24-16/h2-10H,1H3,(H,21,24)(H,20,22,23). The molecule has 2 N–H and O–H groups in total. The fourth-order valence-electron chi connectivity index (χ4n) is 2.56. The van der Waals surface area contributed by atoms with E-state index in [9.17, 15) is 4.39 Å². The first-order chi connectivity index (χ1) is 11.7. The molecule has 4 aromatic rings. The van der Waals surface area contributed by atoms with E-state index in [4.69, 9.17) is 0 Å². The van der Waals surface area contributed by atoms with Crippen LogP contribution in [0.5, 0.6) is 0 Å². The fourth-order valence-corrected chi connectivity index (χ4v) is 2.56. The Morgan fingerprint density at radius 3 is 2.92 bits per heavy atom. The molecule has 0 atom stereocenters. The molecule has 24 heavy (non-hydrogen) atoms. The van der Waals surface area contributed by atoms with E-state index in [1.807, 2.05) is 25.1 Å². The molecule has 2 aromatic heterocycles. The van der Waals surface area contributed by atoms with Crippen molar-refractivity contribution in [1.29, 1.82) is 0 Å². The SMILES string of the molecule is Cc1ccc(F)cc1-c1nccc(Nc2ccc3[nH]ncc3c2)n1. The summed E-state index contributed by atoms with van der Waals surface area (Å²) in [7, 11) is 0. The number of halogens is 1. The first kappa shape index (κ1) is 14.3. The van der Waals surface area contributed by atoms with Gasteiger partial charge in [0.05, 0.1) is 11.7 Å². The average molecular weight is 319 g/mol. The summed E-state index contributed by atoms with van der Waals surface area (Å²) in [6, 6.07) is 12.2. The van der Waals surface area contributed by atoms with Crippen molar-refractivity contribution in [1.82, 2.24) is 20.2 Å². The molecule has 0 spiro atoms. The molecule has 0 saturated carbocycles.